The van der Waals surface area contributed by atoms with Gasteiger partial charge in [0.1, 0.15) is 11.5 Å². The maximum absolute atomic E-state index is 10.7. The van der Waals surface area contributed by atoms with E-state index in [0.29, 0.717) is 5.76 Å². The van der Waals surface area contributed by atoms with Crippen LogP contribution in [-0.2, 0) is 6.42 Å². The van der Waals surface area contributed by atoms with Gasteiger partial charge in [-0.1, -0.05) is 19.1 Å². The average molecular weight is 260 g/mol. The number of aryl methyl sites for hydroxylation is 1. The Morgan fingerprint density at radius 2 is 1.95 bits per heavy atom. The normalized spacial score (nSPS) is 12.1. The summed E-state index contributed by atoms with van der Waals surface area (Å²) in [6.45, 7) is 3.91. The monoisotopic (exact) mass is 260 g/mol. The number of carbonyl (C=O) groups is 1. The highest BCUT2D eigenvalue weighted by Crippen LogP contribution is 2.23. The summed E-state index contributed by atoms with van der Waals surface area (Å²) in [6, 6.07) is 10.9. The van der Waals surface area contributed by atoms with E-state index < -0.39 is 5.97 Å². The molecule has 0 saturated carbocycles. The van der Waals surface area contributed by atoms with Crippen LogP contribution in [0.4, 0.5) is 0 Å². The molecule has 0 spiro atoms. The third-order valence-electron chi connectivity index (χ3n) is 2.88. The lowest BCUT2D eigenvalue weighted by atomic mass is 10.2. The van der Waals surface area contributed by atoms with E-state index >= 15 is 0 Å². The van der Waals surface area contributed by atoms with Gasteiger partial charge in [-0.2, -0.15) is 0 Å². The standard InChI is InChI=1S/C15H16O4/c1-3-11-4-6-12(7-5-11)18-10(2)13-8-9-14(19-13)15(16)17/h4-10H,3H2,1-2H3,(H,16,17). The van der Waals surface area contributed by atoms with E-state index in [0.717, 1.165) is 12.2 Å². The summed E-state index contributed by atoms with van der Waals surface area (Å²) in [6.07, 6.45) is 0.649. The SMILES string of the molecule is CCc1ccc(OC(C)c2ccc(C(=O)O)o2)cc1. The molecule has 19 heavy (non-hydrogen) atoms. The summed E-state index contributed by atoms with van der Waals surface area (Å²) >= 11 is 0. The summed E-state index contributed by atoms with van der Waals surface area (Å²) in [7, 11) is 0. The Bertz CT molecular complexity index is 554. The minimum Gasteiger partial charge on any atom is -0.483 e. The Kier molecular flexibility index (Phi) is 3.90. The molecule has 4 nitrogen and oxygen atoms in total. The third-order valence-corrected chi connectivity index (χ3v) is 2.88. The van der Waals surface area contributed by atoms with Gasteiger partial charge in [-0.15, -0.1) is 0 Å². The van der Waals surface area contributed by atoms with Crippen LogP contribution >= 0.6 is 0 Å². The zero-order valence-corrected chi connectivity index (χ0v) is 10.9. The fourth-order valence-electron chi connectivity index (χ4n) is 1.75. The first-order valence-corrected chi connectivity index (χ1v) is 6.18. The Morgan fingerprint density at radius 3 is 2.47 bits per heavy atom. The van der Waals surface area contributed by atoms with Gasteiger partial charge < -0.3 is 14.3 Å². The predicted molar refractivity (Wildman–Crippen MR) is 70.5 cm³/mol. The van der Waals surface area contributed by atoms with E-state index in [2.05, 4.69) is 6.92 Å². The summed E-state index contributed by atoms with van der Waals surface area (Å²) in [5, 5.41) is 8.79. The van der Waals surface area contributed by atoms with E-state index in [1.807, 2.05) is 31.2 Å². The predicted octanol–water partition coefficient (Wildman–Crippen LogP) is 3.68. The number of carboxylic acid groups (broad SMARTS) is 1. The van der Waals surface area contributed by atoms with Gasteiger partial charge in [-0.25, -0.2) is 4.79 Å². The van der Waals surface area contributed by atoms with Crippen molar-refractivity contribution in [1.82, 2.24) is 0 Å². The molecule has 1 heterocycles. The van der Waals surface area contributed by atoms with Crippen molar-refractivity contribution in [3.05, 3.63) is 53.5 Å². The molecule has 0 saturated heterocycles. The fourth-order valence-corrected chi connectivity index (χ4v) is 1.75. The quantitative estimate of drug-likeness (QED) is 0.890. The number of hydrogen-bond donors (Lipinski definition) is 1. The Morgan fingerprint density at radius 1 is 1.26 bits per heavy atom. The van der Waals surface area contributed by atoms with Crippen molar-refractivity contribution in [3.63, 3.8) is 0 Å². The highest BCUT2D eigenvalue weighted by molar-refractivity contribution is 5.84. The minimum absolute atomic E-state index is 0.0771. The van der Waals surface area contributed by atoms with Gasteiger partial charge in [0, 0.05) is 0 Å². The van der Waals surface area contributed by atoms with Crippen LogP contribution in [0.1, 0.15) is 41.8 Å². The van der Waals surface area contributed by atoms with Crippen LogP contribution < -0.4 is 4.74 Å². The number of benzene rings is 1. The topological polar surface area (TPSA) is 59.7 Å². The van der Waals surface area contributed by atoms with Gasteiger partial charge in [-0.3, -0.25) is 0 Å². The number of aromatic carboxylic acids is 1. The van der Waals surface area contributed by atoms with E-state index in [4.69, 9.17) is 14.3 Å². The van der Waals surface area contributed by atoms with Crippen molar-refractivity contribution in [2.45, 2.75) is 26.4 Å². The Balaban J connectivity index is 2.06. The molecule has 1 aromatic carbocycles. The molecule has 0 amide bonds. The molecule has 0 radical (unpaired) electrons. The maximum atomic E-state index is 10.7. The molecule has 0 aliphatic heterocycles. The van der Waals surface area contributed by atoms with Crippen LogP contribution in [0, 0.1) is 0 Å². The van der Waals surface area contributed by atoms with Gasteiger partial charge in [0.2, 0.25) is 5.76 Å². The lowest BCUT2D eigenvalue weighted by molar-refractivity contribution is 0.0655. The van der Waals surface area contributed by atoms with Crippen molar-refractivity contribution in [2.75, 3.05) is 0 Å². The van der Waals surface area contributed by atoms with Crippen LogP contribution in [0.2, 0.25) is 0 Å². The van der Waals surface area contributed by atoms with Crippen LogP contribution in [0.3, 0.4) is 0 Å². The largest absolute Gasteiger partial charge is 0.483 e. The van der Waals surface area contributed by atoms with Gasteiger partial charge in [-0.05, 0) is 43.2 Å². The zero-order valence-electron chi connectivity index (χ0n) is 10.9. The molecule has 1 N–H and O–H groups in total. The van der Waals surface area contributed by atoms with Gasteiger partial charge in [0.15, 0.2) is 6.10 Å². The summed E-state index contributed by atoms with van der Waals surface area (Å²) in [5.74, 6) is 0.0764. The number of ether oxygens (including phenoxy) is 1. The molecule has 4 heteroatoms. The van der Waals surface area contributed by atoms with E-state index in [1.54, 1.807) is 6.07 Å². The third kappa shape index (κ3) is 3.16. The fraction of sp³-hybridized carbons (Fsp3) is 0.267. The van der Waals surface area contributed by atoms with Crippen molar-refractivity contribution in [3.8, 4) is 5.75 Å². The van der Waals surface area contributed by atoms with Crippen LogP contribution in [-0.4, -0.2) is 11.1 Å². The second-order valence-corrected chi connectivity index (χ2v) is 4.26. The van der Waals surface area contributed by atoms with Crippen molar-refractivity contribution in [2.24, 2.45) is 0 Å². The molecule has 1 aromatic heterocycles. The molecule has 2 aromatic rings. The number of hydrogen-bond acceptors (Lipinski definition) is 3. The molecule has 0 aliphatic rings. The first kappa shape index (κ1) is 13.2. The molecular formula is C15H16O4. The van der Waals surface area contributed by atoms with Crippen molar-refractivity contribution >= 4 is 5.97 Å². The van der Waals surface area contributed by atoms with Crippen LogP contribution in [0.25, 0.3) is 0 Å². The Labute approximate surface area is 111 Å². The first-order valence-electron chi connectivity index (χ1n) is 6.18. The molecule has 0 aliphatic carbocycles. The Hall–Kier alpha value is -2.23. The molecule has 0 bridgehead atoms. The molecular weight excluding hydrogens is 244 g/mol. The van der Waals surface area contributed by atoms with Crippen molar-refractivity contribution < 1.29 is 19.1 Å². The summed E-state index contributed by atoms with van der Waals surface area (Å²) in [4.78, 5) is 10.7. The average Bonchev–Trinajstić information content (AvgIpc) is 2.89. The number of carboxylic acids is 1. The summed E-state index contributed by atoms with van der Waals surface area (Å²) in [5.41, 5.74) is 1.24. The van der Waals surface area contributed by atoms with Crippen LogP contribution in [0.15, 0.2) is 40.8 Å². The second-order valence-electron chi connectivity index (χ2n) is 4.26. The van der Waals surface area contributed by atoms with Crippen LogP contribution in [0.5, 0.6) is 5.75 Å². The van der Waals surface area contributed by atoms with E-state index in [-0.39, 0.29) is 11.9 Å². The van der Waals surface area contributed by atoms with E-state index in [1.165, 1.54) is 11.6 Å². The summed E-state index contributed by atoms with van der Waals surface area (Å²) < 4.78 is 10.9. The minimum atomic E-state index is -1.08. The molecule has 0 fully saturated rings. The first-order chi connectivity index (χ1) is 9.10. The zero-order chi connectivity index (χ0) is 13.8. The lowest BCUT2D eigenvalue weighted by Gasteiger charge is -2.12. The van der Waals surface area contributed by atoms with Gasteiger partial charge in [0.25, 0.3) is 0 Å². The number of rotatable bonds is 5. The smallest absolute Gasteiger partial charge is 0.371 e. The van der Waals surface area contributed by atoms with Crippen molar-refractivity contribution in [1.29, 1.82) is 0 Å². The molecule has 1 atom stereocenters. The van der Waals surface area contributed by atoms with E-state index in [9.17, 15) is 4.79 Å². The maximum Gasteiger partial charge on any atom is 0.371 e. The molecule has 100 valence electrons. The van der Waals surface area contributed by atoms with Gasteiger partial charge in [0.05, 0.1) is 0 Å². The number of furan rings is 1. The molecule has 2 rings (SSSR count). The van der Waals surface area contributed by atoms with Gasteiger partial charge >= 0.3 is 5.97 Å². The highest BCUT2D eigenvalue weighted by atomic mass is 16.5. The second kappa shape index (κ2) is 5.61. The highest BCUT2D eigenvalue weighted by Gasteiger charge is 2.15. The lowest BCUT2D eigenvalue weighted by Crippen LogP contribution is -2.02. The molecule has 1 unspecified atom stereocenters.